The molecule has 0 heterocycles. The lowest BCUT2D eigenvalue weighted by Crippen LogP contribution is -2.31. The molecule has 0 fully saturated rings. The van der Waals surface area contributed by atoms with Crippen molar-refractivity contribution in [3.8, 4) is 5.75 Å². The number of hydrogen-bond donors (Lipinski definition) is 1. The van der Waals surface area contributed by atoms with E-state index >= 15 is 0 Å². The van der Waals surface area contributed by atoms with Gasteiger partial charge in [-0.05, 0) is 43.3 Å². The first-order valence-corrected chi connectivity index (χ1v) is 6.98. The Kier molecular flexibility index (Phi) is 5.68. The van der Waals surface area contributed by atoms with E-state index in [2.05, 4.69) is 5.32 Å². The van der Waals surface area contributed by atoms with Crippen molar-refractivity contribution in [1.82, 2.24) is 0 Å². The Labute approximate surface area is 133 Å². The zero-order valence-corrected chi connectivity index (χ0v) is 12.5. The van der Waals surface area contributed by atoms with Gasteiger partial charge >= 0.3 is 5.97 Å². The molecule has 0 bridgehead atoms. The molecule has 0 saturated carbocycles. The maximum Gasteiger partial charge on any atom is 0.344 e. The van der Waals surface area contributed by atoms with Crippen molar-refractivity contribution in [2.45, 2.75) is 13.0 Å². The van der Waals surface area contributed by atoms with Gasteiger partial charge in [-0.15, -0.1) is 0 Å². The Bertz CT molecular complexity index is 658. The highest BCUT2D eigenvalue weighted by molar-refractivity contribution is 5.95. The van der Waals surface area contributed by atoms with Gasteiger partial charge < -0.3 is 14.8 Å². The summed E-state index contributed by atoms with van der Waals surface area (Å²) >= 11 is 0. The number of halogens is 1. The largest absolute Gasteiger partial charge is 0.482 e. The minimum atomic E-state index is -0.994. The van der Waals surface area contributed by atoms with Crippen LogP contribution >= 0.6 is 0 Å². The molecule has 6 heteroatoms. The predicted octanol–water partition coefficient (Wildman–Crippen LogP) is 2.77. The quantitative estimate of drug-likeness (QED) is 0.832. The van der Waals surface area contributed by atoms with Gasteiger partial charge in [-0.25, -0.2) is 9.18 Å². The maximum atomic E-state index is 12.8. The van der Waals surface area contributed by atoms with Crippen molar-refractivity contribution >= 4 is 17.6 Å². The second-order valence-corrected chi connectivity index (χ2v) is 4.73. The van der Waals surface area contributed by atoms with E-state index in [4.69, 9.17) is 9.47 Å². The summed E-state index contributed by atoms with van der Waals surface area (Å²) in [4.78, 5) is 23.5. The van der Waals surface area contributed by atoms with Crippen LogP contribution in [-0.4, -0.2) is 24.6 Å². The third kappa shape index (κ3) is 5.43. The molecule has 1 atom stereocenters. The molecule has 2 rings (SSSR count). The smallest absolute Gasteiger partial charge is 0.344 e. The van der Waals surface area contributed by atoms with Gasteiger partial charge in [-0.3, -0.25) is 4.79 Å². The first-order chi connectivity index (χ1) is 11.0. The van der Waals surface area contributed by atoms with Gasteiger partial charge in [0.05, 0.1) is 0 Å². The zero-order chi connectivity index (χ0) is 16.7. The number of carbonyl (C=O) groups is 2. The summed E-state index contributed by atoms with van der Waals surface area (Å²) in [6.07, 6.45) is -0.994. The average Bonchev–Trinajstić information content (AvgIpc) is 2.56. The summed E-state index contributed by atoms with van der Waals surface area (Å²) in [5, 5.41) is 2.52. The summed E-state index contributed by atoms with van der Waals surface area (Å²) < 4.78 is 23.0. The summed E-state index contributed by atoms with van der Waals surface area (Å²) in [7, 11) is 0. The highest BCUT2D eigenvalue weighted by Crippen LogP contribution is 2.10. The van der Waals surface area contributed by atoms with Crippen LogP contribution in [-0.2, 0) is 14.3 Å². The maximum absolute atomic E-state index is 12.8. The van der Waals surface area contributed by atoms with Crippen LogP contribution in [0.25, 0.3) is 0 Å². The third-order valence-corrected chi connectivity index (χ3v) is 2.89. The van der Waals surface area contributed by atoms with Crippen molar-refractivity contribution in [3.05, 3.63) is 60.4 Å². The number of benzene rings is 2. The monoisotopic (exact) mass is 317 g/mol. The summed E-state index contributed by atoms with van der Waals surface area (Å²) in [6.45, 7) is 1.15. The molecule has 0 unspecified atom stereocenters. The lowest BCUT2D eigenvalue weighted by Gasteiger charge is -2.14. The molecule has 5 nitrogen and oxygen atoms in total. The van der Waals surface area contributed by atoms with Gasteiger partial charge in [-0.2, -0.15) is 0 Å². The lowest BCUT2D eigenvalue weighted by molar-refractivity contribution is -0.155. The van der Waals surface area contributed by atoms with Crippen LogP contribution in [0, 0.1) is 5.82 Å². The average molecular weight is 317 g/mol. The summed E-state index contributed by atoms with van der Waals surface area (Å²) in [5.74, 6) is -1.03. The minimum Gasteiger partial charge on any atom is -0.482 e. The molecule has 0 radical (unpaired) electrons. The second-order valence-electron chi connectivity index (χ2n) is 4.73. The van der Waals surface area contributed by atoms with E-state index in [1.54, 1.807) is 24.3 Å². The van der Waals surface area contributed by atoms with Crippen LogP contribution in [0.4, 0.5) is 10.1 Å². The van der Waals surface area contributed by atoms with E-state index in [9.17, 15) is 14.0 Å². The number of carbonyl (C=O) groups excluding carboxylic acids is 2. The SMILES string of the molecule is C[C@H](OC(=O)COc1ccccc1)C(=O)Nc1ccc(F)cc1. The van der Waals surface area contributed by atoms with Crippen LogP contribution in [0.3, 0.4) is 0 Å². The molecule has 0 aromatic heterocycles. The number of anilines is 1. The molecule has 0 spiro atoms. The minimum absolute atomic E-state index is 0.293. The Balaban J connectivity index is 1.78. The molecule has 0 aliphatic rings. The van der Waals surface area contributed by atoms with Gasteiger partial charge in [-0.1, -0.05) is 18.2 Å². The second kappa shape index (κ2) is 7.93. The fraction of sp³-hybridized carbons (Fsp3) is 0.176. The molecule has 0 aliphatic heterocycles. The Morgan fingerprint density at radius 1 is 1.09 bits per heavy atom. The molecule has 1 amide bonds. The van der Waals surface area contributed by atoms with Gasteiger partial charge in [0, 0.05) is 5.69 Å². The normalized spacial score (nSPS) is 11.4. The van der Waals surface area contributed by atoms with Crippen molar-refractivity contribution in [2.24, 2.45) is 0 Å². The first kappa shape index (κ1) is 16.5. The number of nitrogens with one attached hydrogen (secondary N) is 1. The molecule has 2 aromatic rings. The van der Waals surface area contributed by atoms with Crippen LogP contribution in [0.5, 0.6) is 5.75 Å². The molecular weight excluding hydrogens is 301 g/mol. The Morgan fingerprint density at radius 3 is 2.39 bits per heavy atom. The number of para-hydroxylation sites is 1. The van der Waals surface area contributed by atoms with Crippen LogP contribution in [0.15, 0.2) is 54.6 Å². The Hall–Kier alpha value is -2.89. The van der Waals surface area contributed by atoms with Crippen molar-refractivity contribution in [2.75, 3.05) is 11.9 Å². The Morgan fingerprint density at radius 2 is 1.74 bits per heavy atom. The fourth-order valence-electron chi connectivity index (χ4n) is 1.72. The number of amides is 1. The predicted molar refractivity (Wildman–Crippen MR) is 82.5 cm³/mol. The summed E-state index contributed by atoms with van der Waals surface area (Å²) in [6, 6.07) is 14.1. The molecule has 0 saturated heterocycles. The van der Waals surface area contributed by atoms with E-state index in [1.807, 2.05) is 6.07 Å². The van der Waals surface area contributed by atoms with Crippen LogP contribution < -0.4 is 10.1 Å². The zero-order valence-electron chi connectivity index (χ0n) is 12.5. The molecule has 1 N–H and O–H groups in total. The van der Waals surface area contributed by atoms with Gasteiger partial charge in [0.2, 0.25) is 0 Å². The highest BCUT2D eigenvalue weighted by Gasteiger charge is 2.18. The highest BCUT2D eigenvalue weighted by atomic mass is 19.1. The number of rotatable bonds is 6. The topological polar surface area (TPSA) is 64.6 Å². The number of ether oxygens (including phenoxy) is 2. The van der Waals surface area contributed by atoms with Crippen molar-refractivity contribution in [1.29, 1.82) is 0 Å². The van der Waals surface area contributed by atoms with Gasteiger partial charge in [0.1, 0.15) is 11.6 Å². The van der Waals surface area contributed by atoms with Crippen LogP contribution in [0.1, 0.15) is 6.92 Å². The lowest BCUT2D eigenvalue weighted by atomic mass is 10.3. The van der Waals surface area contributed by atoms with Crippen molar-refractivity contribution in [3.63, 3.8) is 0 Å². The molecule has 2 aromatic carbocycles. The van der Waals surface area contributed by atoms with Gasteiger partial charge in [0.25, 0.3) is 5.91 Å². The third-order valence-electron chi connectivity index (χ3n) is 2.89. The van der Waals surface area contributed by atoms with E-state index in [0.717, 1.165) is 0 Å². The van der Waals surface area contributed by atoms with E-state index in [0.29, 0.717) is 11.4 Å². The number of esters is 1. The fourth-order valence-corrected chi connectivity index (χ4v) is 1.72. The molecule has 23 heavy (non-hydrogen) atoms. The van der Waals surface area contributed by atoms with Crippen molar-refractivity contribution < 1.29 is 23.5 Å². The van der Waals surface area contributed by atoms with E-state index in [-0.39, 0.29) is 6.61 Å². The van der Waals surface area contributed by atoms with Crippen LogP contribution in [0.2, 0.25) is 0 Å². The standard InChI is InChI=1S/C17H16FNO4/c1-12(17(21)19-14-9-7-13(18)8-10-14)23-16(20)11-22-15-5-3-2-4-6-15/h2-10,12H,11H2,1H3,(H,19,21)/t12-/m0/s1. The molecule has 0 aliphatic carbocycles. The van der Waals surface area contributed by atoms with E-state index < -0.39 is 23.8 Å². The first-order valence-electron chi connectivity index (χ1n) is 6.98. The van der Waals surface area contributed by atoms with E-state index in [1.165, 1.54) is 31.2 Å². The summed E-state index contributed by atoms with van der Waals surface area (Å²) in [5.41, 5.74) is 0.417. The molecular formula is C17H16FNO4. The number of hydrogen-bond acceptors (Lipinski definition) is 4. The van der Waals surface area contributed by atoms with Gasteiger partial charge in [0.15, 0.2) is 12.7 Å². The molecule has 120 valence electrons.